The maximum Gasteiger partial charge on any atom is 0.423 e. The van der Waals surface area contributed by atoms with E-state index in [0.717, 1.165) is 0 Å². The first-order valence-electron chi connectivity index (χ1n) is 5.13. The van der Waals surface area contributed by atoms with E-state index in [1.54, 1.807) is 6.92 Å². The van der Waals surface area contributed by atoms with Crippen LogP contribution >= 0.6 is 0 Å². The standard InChI is InChI=1S/C9H13F6NO/c1-5-4-6(2-3-16-5)17-7(8(10,11)12)9(13,14)15/h5-7,16H,2-4H2,1H3. The Labute approximate surface area is 94.3 Å². The van der Waals surface area contributed by atoms with Crippen molar-refractivity contribution in [1.82, 2.24) is 5.32 Å². The van der Waals surface area contributed by atoms with Crippen LogP contribution in [-0.2, 0) is 4.74 Å². The molecule has 0 spiro atoms. The van der Waals surface area contributed by atoms with Crippen LogP contribution in [0, 0.1) is 0 Å². The van der Waals surface area contributed by atoms with Crippen LogP contribution in [0.15, 0.2) is 0 Å². The maximum atomic E-state index is 12.2. The highest BCUT2D eigenvalue weighted by Gasteiger charge is 2.58. The van der Waals surface area contributed by atoms with Crippen molar-refractivity contribution in [2.75, 3.05) is 6.54 Å². The van der Waals surface area contributed by atoms with E-state index in [-0.39, 0.29) is 18.9 Å². The quantitative estimate of drug-likeness (QED) is 0.775. The Morgan fingerprint density at radius 1 is 1.12 bits per heavy atom. The van der Waals surface area contributed by atoms with Crippen LogP contribution in [0.5, 0.6) is 0 Å². The van der Waals surface area contributed by atoms with Crippen molar-refractivity contribution >= 4 is 0 Å². The zero-order valence-electron chi connectivity index (χ0n) is 9.03. The summed E-state index contributed by atoms with van der Waals surface area (Å²) in [6, 6.07) is -0.143. The molecule has 0 aromatic heterocycles. The highest BCUT2D eigenvalue weighted by molar-refractivity contribution is 4.81. The van der Waals surface area contributed by atoms with Gasteiger partial charge < -0.3 is 10.1 Å². The molecule has 1 heterocycles. The predicted octanol–water partition coefficient (Wildman–Crippen LogP) is 2.64. The van der Waals surface area contributed by atoms with Crippen molar-refractivity contribution in [2.24, 2.45) is 0 Å². The van der Waals surface area contributed by atoms with Crippen molar-refractivity contribution in [3.63, 3.8) is 0 Å². The number of halogens is 6. The predicted molar refractivity (Wildman–Crippen MR) is 47.5 cm³/mol. The molecular formula is C9H13F6NO. The molecule has 1 aliphatic rings. The molecule has 1 aliphatic heterocycles. The number of hydrogen-bond acceptors (Lipinski definition) is 2. The van der Waals surface area contributed by atoms with Gasteiger partial charge in [-0.3, -0.25) is 0 Å². The Hall–Kier alpha value is -0.500. The zero-order chi connectivity index (χ0) is 13.3. The summed E-state index contributed by atoms with van der Waals surface area (Å²) >= 11 is 0. The summed E-state index contributed by atoms with van der Waals surface area (Å²) in [5.74, 6) is 0. The molecule has 1 N–H and O–H groups in total. The van der Waals surface area contributed by atoms with Crippen molar-refractivity contribution in [3.8, 4) is 0 Å². The third-order valence-electron chi connectivity index (χ3n) is 2.50. The van der Waals surface area contributed by atoms with Crippen LogP contribution in [0.3, 0.4) is 0 Å². The van der Waals surface area contributed by atoms with Crippen molar-refractivity contribution in [1.29, 1.82) is 0 Å². The highest BCUT2D eigenvalue weighted by Crippen LogP contribution is 2.37. The molecule has 2 nitrogen and oxygen atoms in total. The molecule has 1 fully saturated rings. The summed E-state index contributed by atoms with van der Waals surface area (Å²) in [6.07, 6.45) is -15.3. The fraction of sp³-hybridized carbons (Fsp3) is 1.00. The Morgan fingerprint density at radius 2 is 1.65 bits per heavy atom. The van der Waals surface area contributed by atoms with Gasteiger partial charge in [-0.2, -0.15) is 26.3 Å². The summed E-state index contributed by atoms with van der Waals surface area (Å²) in [5, 5.41) is 2.92. The van der Waals surface area contributed by atoms with Gasteiger partial charge in [0.15, 0.2) is 0 Å². The Kier molecular flexibility index (Phi) is 4.29. The fourth-order valence-corrected chi connectivity index (χ4v) is 1.74. The number of ether oxygens (including phenoxy) is 1. The molecule has 0 bridgehead atoms. The smallest absolute Gasteiger partial charge is 0.357 e. The van der Waals surface area contributed by atoms with Gasteiger partial charge in [0.2, 0.25) is 6.10 Å². The Morgan fingerprint density at radius 3 is 2.06 bits per heavy atom. The van der Waals surface area contributed by atoms with E-state index in [0.29, 0.717) is 6.54 Å². The molecular weight excluding hydrogens is 252 g/mol. The summed E-state index contributed by atoms with van der Waals surface area (Å²) in [4.78, 5) is 0. The average molecular weight is 265 g/mol. The fourth-order valence-electron chi connectivity index (χ4n) is 1.74. The van der Waals surface area contributed by atoms with Gasteiger partial charge in [0.05, 0.1) is 6.10 Å². The third-order valence-corrected chi connectivity index (χ3v) is 2.50. The molecule has 8 heteroatoms. The molecule has 1 rings (SSSR count). The van der Waals surface area contributed by atoms with E-state index < -0.39 is 24.6 Å². The van der Waals surface area contributed by atoms with Gasteiger partial charge >= 0.3 is 12.4 Å². The van der Waals surface area contributed by atoms with Crippen LogP contribution < -0.4 is 5.32 Å². The van der Waals surface area contributed by atoms with Gasteiger partial charge in [0.25, 0.3) is 0 Å². The first kappa shape index (κ1) is 14.6. The lowest BCUT2D eigenvalue weighted by Crippen LogP contribution is -2.49. The van der Waals surface area contributed by atoms with E-state index in [2.05, 4.69) is 10.1 Å². The third kappa shape index (κ3) is 4.34. The van der Waals surface area contributed by atoms with Gasteiger partial charge in [0.1, 0.15) is 0 Å². The van der Waals surface area contributed by atoms with E-state index in [1.807, 2.05) is 0 Å². The topological polar surface area (TPSA) is 21.3 Å². The van der Waals surface area contributed by atoms with Crippen molar-refractivity contribution in [3.05, 3.63) is 0 Å². The number of rotatable bonds is 2. The van der Waals surface area contributed by atoms with Crippen molar-refractivity contribution in [2.45, 2.75) is 50.4 Å². The average Bonchev–Trinajstić information content (AvgIpc) is 2.10. The lowest BCUT2D eigenvalue weighted by Gasteiger charge is -2.32. The van der Waals surface area contributed by atoms with Crippen LogP contribution in [-0.4, -0.2) is 37.1 Å². The number of piperidine rings is 1. The van der Waals surface area contributed by atoms with Crippen LogP contribution in [0.1, 0.15) is 19.8 Å². The Balaban J connectivity index is 2.67. The minimum Gasteiger partial charge on any atom is -0.357 e. The summed E-state index contributed by atoms with van der Waals surface area (Å²) in [6.45, 7) is 2.04. The summed E-state index contributed by atoms with van der Waals surface area (Å²) in [5.41, 5.74) is 0. The molecule has 0 aliphatic carbocycles. The van der Waals surface area contributed by atoms with Gasteiger partial charge in [-0.15, -0.1) is 0 Å². The first-order valence-corrected chi connectivity index (χ1v) is 5.13. The molecule has 1 saturated heterocycles. The molecule has 102 valence electrons. The zero-order valence-corrected chi connectivity index (χ0v) is 9.03. The monoisotopic (exact) mass is 265 g/mol. The molecule has 2 unspecified atom stereocenters. The number of nitrogens with one attached hydrogen (secondary N) is 1. The van der Waals surface area contributed by atoms with E-state index in [1.165, 1.54) is 0 Å². The molecule has 0 amide bonds. The van der Waals surface area contributed by atoms with E-state index in [4.69, 9.17) is 0 Å². The SMILES string of the molecule is CC1CC(OC(C(F)(F)F)C(F)(F)F)CCN1. The molecule has 2 atom stereocenters. The van der Waals surface area contributed by atoms with Crippen LogP contribution in [0.2, 0.25) is 0 Å². The van der Waals surface area contributed by atoms with Crippen molar-refractivity contribution < 1.29 is 31.1 Å². The summed E-state index contributed by atoms with van der Waals surface area (Å²) in [7, 11) is 0. The van der Waals surface area contributed by atoms with Gasteiger partial charge in [-0.05, 0) is 26.3 Å². The normalized spacial score (nSPS) is 27.5. The van der Waals surface area contributed by atoms with E-state index >= 15 is 0 Å². The van der Waals surface area contributed by atoms with Crippen LogP contribution in [0.4, 0.5) is 26.3 Å². The molecule has 17 heavy (non-hydrogen) atoms. The Bertz CT molecular complexity index is 237. The maximum absolute atomic E-state index is 12.2. The minimum absolute atomic E-state index is 0.142. The second-order valence-electron chi connectivity index (χ2n) is 4.10. The highest BCUT2D eigenvalue weighted by atomic mass is 19.4. The largest absolute Gasteiger partial charge is 0.423 e. The second kappa shape index (κ2) is 5.01. The molecule has 0 aromatic carbocycles. The molecule has 0 radical (unpaired) electrons. The van der Waals surface area contributed by atoms with Gasteiger partial charge in [-0.1, -0.05) is 0 Å². The summed E-state index contributed by atoms with van der Waals surface area (Å²) < 4.78 is 77.4. The first-order chi connectivity index (χ1) is 7.60. The molecule has 0 saturated carbocycles. The lowest BCUT2D eigenvalue weighted by molar-refractivity contribution is -0.332. The molecule has 0 aromatic rings. The number of alkyl halides is 6. The van der Waals surface area contributed by atoms with Gasteiger partial charge in [-0.25, -0.2) is 0 Å². The second-order valence-corrected chi connectivity index (χ2v) is 4.10. The van der Waals surface area contributed by atoms with Crippen LogP contribution in [0.25, 0.3) is 0 Å². The lowest BCUT2D eigenvalue weighted by atomic mass is 10.0. The minimum atomic E-state index is -5.42. The number of hydrogen-bond donors (Lipinski definition) is 1. The van der Waals surface area contributed by atoms with Gasteiger partial charge in [0, 0.05) is 6.04 Å². The van der Waals surface area contributed by atoms with E-state index in [9.17, 15) is 26.3 Å².